The van der Waals surface area contributed by atoms with Gasteiger partial charge in [-0.05, 0) is 38.8 Å². The zero-order valence-corrected chi connectivity index (χ0v) is 12.6. The molecule has 0 bridgehead atoms. The summed E-state index contributed by atoms with van der Waals surface area (Å²) in [7, 11) is 1.64. The van der Waals surface area contributed by atoms with E-state index in [4.69, 9.17) is 4.74 Å². The van der Waals surface area contributed by atoms with Crippen molar-refractivity contribution in [1.29, 1.82) is 0 Å². The number of rotatable bonds is 5. The molecule has 1 N–H and O–H groups in total. The average Bonchev–Trinajstić information content (AvgIpc) is 2.92. The maximum atomic E-state index is 12.5. The number of aryl methyl sites for hydroxylation is 1. The van der Waals surface area contributed by atoms with Crippen molar-refractivity contribution in [3.8, 4) is 0 Å². The van der Waals surface area contributed by atoms with E-state index in [0.29, 0.717) is 6.61 Å². The maximum Gasteiger partial charge on any atom is 0.253 e. The minimum atomic E-state index is -0.0138. The van der Waals surface area contributed by atoms with Crippen LogP contribution in [0.15, 0.2) is 18.2 Å². The lowest BCUT2D eigenvalue weighted by Gasteiger charge is -2.22. The standard InChI is InChI=1S/C16H24N2O2/c1-12-6-7-15(18-8-4-5-9-18)14(10-12)16(19)17-13(2)11-20-3/h6-7,10,13H,4-5,8-9,11H2,1-3H3,(H,17,19)/t13-/m0/s1. The van der Waals surface area contributed by atoms with E-state index in [9.17, 15) is 4.79 Å². The van der Waals surface area contributed by atoms with Gasteiger partial charge in [0.05, 0.1) is 12.2 Å². The number of nitrogens with one attached hydrogen (secondary N) is 1. The molecular weight excluding hydrogens is 252 g/mol. The molecule has 0 aromatic heterocycles. The Bertz CT molecular complexity index is 468. The Morgan fingerprint density at radius 1 is 1.40 bits per heavy atom. The van der Waals surface area contributed by atoms with Crippen molar-refractivity contribution < 1.29 is 9.53 Å². The number of amides is 1. The minimum Gasteiger partial charge on any atom is -0.383 e. The molecule has 1 fully saturated rings. The van der Waals surface area contributed by atoms with Crippen LogP contribution >= 0.6 is 0 Å². The van der Waals surface area contributed by atoms with Crippen molar-refractivity contribution in [3.63, 3.8) is 0 Å². The van der Waals surface area contributed by atoms with Crippen LogP contribution in [0.1, 0.15) is 35.7 Å². The highest BCUT2D eigenvalue weighted by atomic mass is 16.5. The predicted octanol–water partition coefficient (Wildman–Crippen LogP) is 2.36. The first kappa shape index (κ1) is 14.9. The van der Waals surface area contributed by atoms with E-state index in [2.05, 4.69) is 22.3 Å². The van der Waals surface area contributed by atoms with Crippen molar-refractivity contribution >= 4 is 11.6 Å². The molecule has 0 unspecified atom stereocenters. The lowest BCUT2D eigenvalue weighted by molar-refractivity contribution is 0.0906. The highest BCUT2D eigenvalue weighted by Gasteiger charge is 2.20. The molecule has 1 amide bonds. The quantitative estimate of drug-likeness (QED) is 0.897. The fraction of sp³-hybridized carbons (Fsp3) is 0.562. The van der Waals surface area contributed by atoms with Crippen LogP contribution in [0, 0.1) is 6.92 Å². The normalized spacial score (nSPS) is 16.2. The molecule has 110 valence electrons. The van der Waals surface area contributed by atoms with Crippen LogP contribution in [0.25, 0.3) is 0 Å². The van der Waals surface area contributed by atoms with E-state index in [-0.39, 0.29) is 11.9 Å². The molecule has 1 atom stereocenters. The minimum absolute atomic E-state index is 0.0134. The average molecular weight is 276 g/mol. The van der Waals surface area contributed by atoms with Crippen LogP contribution in [-0.4, -0.2) is 38.8 Å². The third-order valence-electron chi connectivity index (χ3n) is 3.64. The van der Waals surface area contributed by atoms with E-state index in [1.807, 2.05) is 19.9 Å². The van der Waals surface area contributed by atoms with E-state index < -0.39 is 0 Å². The highest BCUT2D eigenvalue weighted by Crippen LogP contribution is 2.25. The smallest absolute Gasteiger partial charge is 0.253 e. The van der Waals surface area contributed by atoms with Crippen molar-refractivity contribution in [2.45, 2.75) is 32.7 Å². The fourth-order valence-electron chi connectivity index (χ4n) is 2.66. The number of benzene rings is 1. The van der Waals surface area contributed by atoms with Gasteiger partial charge in [0.15, 0.2) is 0 Å². The van der Waals surface area contributed by atoms with Gasteiger partial charge in [0.1, 0.15) is 0 Å². The van der Waals surface area contributed by atoms with Gasteiger partial charge in [-0.25, -0.2) is 0 Å². The molecule has 1 heterocycles. The summed E-state index contributed by atoms with van der Waals surface area (Å²) in [6.45, 7) is 6.57. The van der Waals surface area contributed by atoms with Gasteiger partial charge in [-0.1, -0.05) is 11.6 Å². The summed E-state index contributed by atoms with van der Waals surface area (Å²) in [5.74, 6) is -0.0138. The molecule has 1 saturated heterocycles. The molecule has 1 aliphatic rings. The van der Waals surface area contributed by atoms with Crippen LogP contribution in [0.4, 0.5) is 5.69 Å². The van der Waals surface area contributed by atoms with Gasteiger partial charge in [0.25, 0.3) is 5.91 Å². The first-order valence-corrected chi connectivity index (χ1v) is 7.27. The predicted molar refractivity (Wildman–Crippen MR) is 81.4 cm³/mol. The van der Waals surface area contributed by atoms with Crippen molar-refractivity contribution in [1.82, 2.24) is 5.32 Å². The first-order valence-electron chi connectivity index (χ1n) is 7.27. The summed E-state index contributed by atoms with van der Waals surface area (Å²) in [6, 6.07) is 6.13. The summed E-state index contributed by atoms with van der Waals surface area (Å²) in [6.07, 6.45) is 2.41. The number of hydrogen-bond donors (Lipinski definition) is 1. The molecule has 2 rings (SSSR count). The number of ether oxygens (including phenoxy) is 1. The molecule has 1 aromatic carbocycles. The molecule has 1 aromatic rings. The van der Waals surface area contributed by atoms with Crippen LogP contribution in [0.3, 0.4) is 0 Å². The van der Waals surface area contributed by atoms with Crippen molar-refractivity contribution in [2.24, 2.45) is 0 Å². The van der Waals surface area contributed by atoms with Crippen LogP contribution in [0.2, 0.25) is 0 Å². The van der Waals surface area contributed by atoms with Gasteiger partial charge in [0, 0.05) is 31.9 Å². The van der Waals surface area contributed by atoms with E-state index in [1.165, 1.54) is 12.8 Å². The van der Waals surface area contributed by atoms with Gasteiger partial charge in [-0.15, -0.1) is 0 Å². The number of nitrogens with zero attached hydrogens (tertiary/aromatic N) is 1. The van der Waals surface area contributed by atoms with Gasteiger partial charge >= 0.3 is 0 Å². The van der Waals surface area contributed by atoms with E-state index in [0.717, 1.165) is 29.9 Å². The number of methoxy groups -OCH3 is 1. The Morgan fingerprint density at radius 3 is 2.75 bits per heavy atom. The van der Waals surface area contributed by atoms with Gasteiger partial charge in [0.2, 0.25) is 0 Å². The van der Waals surface area contributed by atoms with Crippen LogP contribution in [0.5, 0.6) is 0 Å². The van der Waals surface area contributed by atoms with Gasteiger partial charge < -0.3 is 15.0 Å². The van der Waals surface area contributed by atoms with Crippen molar-refractivity contribution in [2.75, 3.05) is 31.7 Å². The fourth-order valence-corrected chi connectivity index (χ4v) is 2.66. The monoisotopic (exact) mass is 276 g/mol. The molecule has 4 nitrogen and oxygen atoms in total. The molecular formula is C16H24N2O2. The zero-order valence-electron chi connectivity index (χ0n) is 12.6. The molecule has 0 aliphatic carbocycles. The second-order valence-corrected chi connectivity index (χ2v) is 5.54. The lowest BCUT2D eigenvalue weighted by atomic mass is 10.1. The summed E-state index contributed by atoms with van der Waals surface area (Å²) in [4.78, 5) is 14.8. The van der Waals surface area contributed by atoms with Gasteiger partial charge in [-0.2, -0.15) is 0 Å². The maximum absolute atomic E-state index is 12.5. The van der Waals surface area contributed by atoms with Crippen LogP contribution < -0.4 is 10.2 Å². The molecule has 0 saturated carbocycles. The first-order chi connectivity index (χ1) is 9.61. The van der Waals surface area contributed by atoms with Gasteiger partial charge in [-0.3, -0.25) is 4.79 Å². The Balaban J connectivity index is 2.20. The summed E-state index contributed by atoms with van der Waals surface area (Å²) < 4.78 is 5.07. The molecule has 20 heavy (non-hydrogen) atoms. The molecule has 0 spiro atoms. The van der Waals surface area contributed by atoms with E-state index in [1.54, 1.807) is 7.11 Å². The van der Waals surface area contributed by atoms with Crippen LogP contribution in [-0.2, 0) is 4.74 Å². The highest BCUT2D eigenvalue weighted by molar-refractivity contribution is 6.00. The SMILES string of the molecule is COC[C@H](C)NC(=O)c1cc(C)ccc1N1CCCC1. The number of carbonyl (C=O) groups is 1. The molecule has 0 radical (unpaired) electrons. The largest absolute Gasteiger partial charge is 0.383 e. The van der Waals surface area contributed by atoms with Crippen molar-refractivity contribution in [3.05, 3.63) is 29.3 Å². The molecule has 1 aliphatic heterocycles. The summed E-state index contributed by atoms with van der Waals surface area (Å²) in [5, 5.41) is 3.00. The second-order valence-electron chi connectivity index (χ2n) is 5.54. The number of anilines is 1. The second kappa shape index (κ2) is 6.75. The Hall–Kier alpha value is -1.55. The summed E-state index contributed by atoms with van der Waals surface area (Å²) in [5.41, 5.74) is 2.93. The Labute approximate surface area is 121 Å². The lowest BCUT2D eigenvalue weighted by Crippen LogP contribution is -2.36. The third kappa shape index (κ3) is 3.51. The number of carbonyl (C=O) groups excluding carboxylic acids is 1. The molecule has 4 heteroatoms. The topological polar surface area (TPSA) is 41.6 Å². The van der Waals surface area contributed by atoms with E-state index >= 15 is 0 Å². The summed E-state index contributed by atoms with van der Waals surface area (Å²) >= 11 is 0. The Kier molecular flexibility index (Phi) is 5.01. The number of hydrogen-bond acceptors (Lipinski definition) is 3. The zero-order chi connectivity index (χ0) is 14.5. The Morgan fingerprint density at radius 2 is 2.10 bits per heavy atom. The third-order valence-corrected chi connectivity index (χ3v) is 3.64.